The molecule has 24 heavy (non-hydrogen) atoms. The minimum Gasteiger partial charge on any atom is -0.481 e. The van der Waals surface area contributed by atoms with E-state index in [0.717, 1.165) is 16.4 Å². The molecule has 0 saturated carbocycles. The first-order valence-electron chi connectivity index (χ1n) is 7.20. The van der Waals surface area contributed by atoms with Crippen LogP contribution < -0.4 is 5.32 Å². The van der Waals surface area contributed by atoms with E-state index in [1.54, 1.807) is 16.2 Å². The second-order valence-corrected chi connectivity index (χ2v) is 8.31. The van der Waals surface area contributed by atoms with Gasteiger partial charge in [-0.2, -0.15) is 0 Å². The summed E-state index contributed by atoms with van der Waals surface area (Å²) in [6.45, 7) is 2.43. The average Bonchev–Trinajstić information content (AvgIpc) is 3.03. The van der Waals surface area contributed by atoms with Crippen LogP contribution in [0.4, 0.5) is 0 Å². The van der Waals surface area contributed by atoms with Gasteiger partial charge < -0.3 is 10.4 Å². The number of nitrogens with one attached hydrogen (secondary N) is 1. The van der Waals surface area contributed by atoms with Crippen molar-refractivity contribution in [2.24, 2.45) is 0 Å². The standard InChI is InChI=1S/C15H17N3O3S3/c1-10-3-2-4-11(17-10)15-18-12(9-22-15)14(21)16-6-8-24-23-7-5-13(19)20/h2-4,9H,5-8H2,1H3,(H,16,21)(H,19,20). The molecule has 0 aromatic carbocycles. The van der Waals surface area contributed by atoms with E-state index in [-0.39, 0.29) is 12.3 Å². The highest BCUT2D eigenvalue weighted by molar-refractivity contribution is 8.76. The molecule has 2 aromatic rings. The van der Waals surface area contributed by atoms with Crippen molar-refractivity contribution in [3.8, 4) is 10.7 Å². The summed E-state index contributed by atoms with van der Waals surface area (Å²) in [6.07, 6.45) is 0.151. The average molecular weight is 384 g/mol. The number of aromatic nitrogens is 2. The third kappa shape index (κ3) is 6.14. The highest BCUT2D eigenvalue weighted by Gasteiger charge is 2.12. The summed E-state index contributed by atoms with van der Waals surface area (Å²) in [5.41, 5.74) is 2.07. The number of carbonyl (C=O) groups is 2. The Morgan fingerprint density at radius 3 is 2.79 bits per heavy atom. The fourth-order valence-electron chi connectivity index (χ4n) is 1.70. The topological polar surface area (TPSA) is 92.2 Å². The van der Waals surface area contributed by atoms with E-state index in [9.17, 15) is 9.59 Å². The van der Waals surface area contributed by atoms with E-state index >= 15 is 0 Å². The van der Waals surface area contributed by atoms with Gasteiger partial charge in [0.2, 0.25) is 0 Å². The number of rotatable bonds is 9. The zero-order valence-electron chi connectivity index (χ0n) is 13.0. The maximum Gasteiger partial charge on any atom is 0.304 e. The van der Waals surface area contributed by atoms with Crippen LogP contribution in [0.5, 0.6) is 0 Å². The molecule has 0 bridgehead atoms. The van der Waals surface area contributed by atoms with Crippen molar-refractivity contribution >= 4 is 44.8 Å². The molecule has 9 heteroatoms. The molecular weight excluding hydrogens is 366 g/mol. The van der Waals surface area contributed by atoms with Gasteiger partial charge in [-0.3, -0.25) is 14.6 Å². The van der Waals surface area contributed by atoms with Crippen LogP contribution in [-0.2, 0) is 4.79 Å². The third-order valence-corrected chi connectivity index (χ3v) is 6.07. The number of carboxylic acid groups (broad SMARTS) is 1. The Bertz CT molecular complexity index is 706. The quantitative estimate of drug-likeness (QED) is 0.508. The van der Waals surface area contributed by atoms with Gasteiger partial charge in [0.05, 0.1) is 12.1 Å². The van der Waals surface area contributed by atoms with Gasteiger partial charge in [-0.1, -0.05) is 27.7 Å². The number of carbonyl (C=O) groups excluding carboxylic acids is 1. The molecule has 0 fully saturated rings. The van der Waals surface area contributed by atoms with Crippen LogP contribution in [0.15, 0.2) is 23.6 Å². The summed E-state index contributed by atoms with van der Waals surface area (Å²) in [7, 11) is 3.04. The summed E-state index contributed by atoms with van der Waals surface area (Å²) in [5.74, 6) is 0.277. The Morgan fingerprint density at radius 2 is 2.04 bits per heavy atom. The first-order valence-corrected chi connectivity index (χ1v) is 10.6. The predicted molar refractivity (Wildman–Crippen MR) is 99.6 cm³/mol. The zero-order valence-corrected chi connectivity index (χ0v) is 15.5. The van der Waals surface area contributed by atoms with Crippen molar-refractivity contribution in [3.05, 3.63) is 35.0 Å². The number of pyridine rings is 1. The second kappa shape index (κ2) is 9.65. The van der Waals surface area contributed by atoms with Crippen molar-refractivity contribution in [3.63, 3.8) is 0 Å². The fraction of sp³-hybridized carbons (Fsp3) is 0.333. The first-order chi connectivity index (χ1) is 11.6. The normalized spacial score (nSPS) is 10.5. The first kappa shape index (κ1) is 18.8. The van der Waals surface area contributed by atoms with Crippen LogP contribution in [0.25, 0.3) is 10.7 Å². The van der Waals surface area contributed by atoms with Crippen molar-refractivity contribution in [2.75, 3.05) is 18.1 Å². The molecule has 6 nitrogen and oxygen atoms in total. The van der Waals surface area contributed by atoms with Crippen LogP contribution in [0.1, 0.15) is 22.6 Å². The van der Waals surface area contributed by atoms with Crippen molar-refractivity contribution in [1.29, 1.82) is 0 Å². The molecule has 2 aromatic heterocycles. The third-order valence-electron chi connectivity index (χ3n) is 2.80. The van der Waals surface area contributed by atoms with Gasteiger partial charge in [-0.15, -0.1) is 11.3 Å². The highest BCUT2D eigenvalue weighted by Crippen LogP contribution is 2.22. The zero-order chi connectivity index (χ0) is 17.4. The number of hydrogen-bond acceptors (Lipinski definition) is 7. The fourth-order valence-corrected chi connectivity index (χ4v) is 4.36. The Labute approximate surface area is 151 Å². The smallest absolute Gasteiger partial charge is 0.304 e. The van der Waals surface area contributed by atoms with Gasteiger partial charge in [0, 0.05) is 29.1 Å². The largest absolute Gasteiger partial charge is 0.481 e. The van der Waals surface area contributed by atoms with Crippen LogP contribution in [0.2, 0.25) is 0 Å². The lowest BCUT2D eigenvalue weighted by atomic mass is 10.3. The van der Waals surface area contributed by atoms with E-state index in [1.807, 2.05) is 25.1 Å². The van der Waals surface area contributed by atoms with Gasteiger partial charge in [-0.05, 0) is 19.1 Å². The number of hydrogen-bond donors (Lipinski definition) is 2. The van der Waals surface area contributed by atoms with Gasteiger partial charge >= 0.3 is 5.97 Å². The lowest BCUT2D eigenvalue weighted by Crippen LogP contribution is -2.25. The second-order valence-electron chi connectivity index (χ2n) is 4.75. The monoisotopic (exact) mass is 383 g/mol. The number of carboxylic acids is 1. The van der Waals surface area contributed by atoms with Crippen molar-refractivity contribution < 1.29 is 14.7 Å². The number of thiazole rings is 1. The summed E-state index contributed by atoms with van der Waals surface area (Å²) >= 11 is 1.39. The van der Waals surface area contributed by atoms with E-state index < -0.39 is 5.97 Å². The summed E-state index contributed by atoms with van der Waals surface area (Å²) in [6, 6.07) is 5.70. The van der Waals surface area contributed by atoms with Crippen molar-refractivity contribution in [1.82, 2.24) is 15.3 Å². The summed E-state index contributed by atoms with van der Waals surface area (Å²) in [4.78, 5) is 31.2. The molecule has 0 aliphatic rings. The summed E-state index contributed by atoms with van der Waals surface area (Å²) < 4.78 is 0. The molecule has 0 aliphatic heterocycles. The highest BCUT2D eigenvalue weighted by atomic mass is 33.1. The van der Waals surface area contributed by atoms with Crippen LogP contribution in [-0.4, -0.2) is 45.0 Å². The van der Waals surface area contributed by atoms with E-state index in [4.69, 9.17) is 5.11 Å². The molecule has 2 N–H and O–H groups in total. The van der Waals surface area contributed by atoms with E-state index in [0.29, 0.717) is 23.7 Å². The number of aliphatic carboxylic acids is 1. The minimum absolute atomic E-state index is 0.151. The molecule has 2 heterocycles. The molecule has 0 unspecified atom stereocenters. The molecule has 0 spiro atoms. The van der Waals surface area contributed by atoms with E-state index in [2.05, 4.69) is 15.3 Å². The number of nitrogens with zero attached hydrogens (tertiary/aromatic N) is 2. The molecule has 0 atom stereocenters. The Morgan fingerprint density at radius 1 is 1.25 bits per heavy atom. The minimum atomic E-state index is -0.793. The molecule has 128 valence electrons. The number of aryl methyl sites for hydroxylation is 1. The molecular formula is C15H17N3O3S3. The molecule has 0 saturated heterocycles. The lowest BCUT2D eigenvalue weighted by molar-refractivity contribution is -0.136. The Kier molecular flexibility index (Phi) is 7.54. The maximum atomic E-state index is 12.1. The number of amides is 1. The lowest BCUT2D eigenvalue weighted by Gasteiger charge is -2.02. The van der Waals surface area contributed by atoms with Gasteiger partial charge in [-0.25, -0.2) is 4.98 Å². The molecule has 0 radical (unpaired) electrons. The van der Waals surface area contributed by atoms with Crippen LogP contribution in [0, 0.1) is 6.92 Å². The van der Waals surface area contributed by atoms with Crippen LogP contribution in [0.3, 0.4) is 0 Å². The van der Waals surface area contributed by atoms with Gasteiger partial charge in [0.15, 0.2) is 0 Å². The molecule has 1 amide bonds. The summed E-state index contributed by atoms with van der Waals surface area (Å²) in [5, 5.41) is 13.8. The molecule has 2 rings (SSSR count). The predicted octanol–water partition coefficient (Wildman–Crippen LogP) is 3.10. The van der Waals surface area contributed by atoms with E-state index in [1.165, 1.54) is 22.1 Å². The molecule has 0 aliphatic carbocycles. The maximum absolute atomic E-state index is 12.1. The van der Waals surface area contributed by atoms with Crippen molar-refractivity contribution in [2.45, 2.75) is 13.3 Å². The Balaban J connectivity index is 1.74. The van der Waals surface area contributed by atoms with Gasteiger partial charge in [0.1, 0.15) is 10.7 Å². The van der Waals surface area contributed by atoms with Crippen LogP contribution >= 0.6 is 32.9 Å². The Hall–Kier alpha value is -1.58. The van der Waals surface area contributed by atoms with Gasteiger partial charge in [0.25, 0.3) is 5.91 Å². The SMILES string of the molecule is Cc1cccc(-c2nc(C(=O)NCCSSCCC(=O)O)cs2)n1.